The molecule has 0 aliphatic carbocycles. The van der Waals surface area contributed by atoms with Crippen LogP contribution in [-0.2, 0) is 11.3 Å². The molecule has 1 aliphatic rings. The summed E-state index contributed by atoms with van der Waals surface area (Å²) in [7, 11) is 0. The maximum absolute atomic E-state index is 12.6. The smallest absolute Gasteiger partial charge is 0.257 e. The van der Waals surface area contributed by atoms with Gasteiger partial charge in [0.15, 0.2) is 0 Å². The number of ether oxygens (including phenoxy) is 1. The molecule has 1 fully saturated rings. The van der Waals surface area contributed by atoms with Crippen molar-refractivity contribution in [2.24, 2.45) is 0 Å². The number of aromatic nitrogens is 1. The molecule has 1 saturated heterocycles. The molecule has 0 atom stereocenters. The molecule has 1 N–H and O–H groups in total. The highest BCUT2D eigenvalue weighted by Crippen LogP contribution is 2.22. The number of hydrogen-bond acceptors (Lipinski definition) is 5. The first-order valence-corrected chi connectivity index (χ1v) is 11.6. The van der Waals surface area contributed by atoms with Crippen LogP contribution in [0.15, 0.2) is 60.8 Å². The van der Waals surface area contributed by atoms with Crippen LogP contribution in [0.5, 0.6) is 0 Å². The van der Waals surface area contributed by atoms with E-state index in [0.717, 1.165) is 44.2 Å². The van der Waals surface area contributed by atoms with Crippen molar-refractivity contribution >= 4 is 34.7 Å². The highest BCUT2D eigenvalue weighted by molar-refractivity contribution is 6.31. The molecular formula is C26H29ClN4O2. The summed E-state index contributed by atoms with van der Waals surface area (Å²) < 4.78 is 5.47. The zero-order valence-corrected chi connectivity index (χ0v) is 19.8. The standard InChI is InChI=1S/C26H29ClN4O2/c1-3-33-18-20-5-9-23(10-6-20)30-12-14-31(15-13-30)25-11-7-21(17-28-25)26(32)29-22-8-4-19(2)24(27)16-22/h4-11,16-17H,3,12-15,18H2,1-2H3,(H,29,32). The SMILES string of the molecule is CCOCc1ccc(N2CCN(c3ccc(C(=O)Nc4ccc(C)c(Cl)c4)cn3)CC2)cc1. The highest BCUT2D eigenvalue weighted by atomic mass is 35.5. The van der Waals surface area contributed by atoms with Gasteiger partial charge in [0, 0.05) is 55.4 Å². The molecule has 172 valence electrons. The predicted molar refractivity (Wildman–Crippen MR) is 135 cm³/mol. The first-order valence-electron chi connectivity index (χ1n) is 11.2. The van der Waals surface area contributed by atoms with Crippen molar-refractivity contribution in [3.05, 3.63) is 82.5 Å². The van der Waals surface area contributed by atoms with Crippen LogP contribution >= 0.6 is 11.6 Å². The van der Waals surface area contributed by atoms with Gasteiger partial charge in [0.1, 0.15) is 5.82 Å². The average molecular weight is 465 g/mol. The van der Waals surface area contributed by atoms with Gasteiger partial charge < -0.3 is 19.9 Å². The molecule has 1 aliphatic heterocycles. The Morgan fingerprint density at radius 2 is 1.76 bits per heavy atom. The van der Waals surface area contributed by atoms with Gasteiger partial charge in [-0.15, -0.1) is 0 Å². The number of amides is 1. The van der Waals surface area contributed by atoms with E-state index in [1.54, 1.807) is 12.3 Å². The Balaban J connectivity index is 1.31. The number of benzene rings is 2. The Kier molecular flexibility index (Phi) is 7.47. The number of piperazine rings is 1. The molecule has 0 unspecified atom stereocenters. The molecule has 3 aromatic rings. The average Bonchev–Trinajstić information content (AvgIpc) is 2.85. The minimum atomic E-state index is -0.202. The van der Waals surface area contributed by atoms with Crippen LogP contribution in [-0.4, -0.2) is 43.7 Å². The highest BCUT2D eigenvalue weighted by Gasteiger charge is 2.19. The first kappa shape index (κ1) is 23.1. The summed E-state index contributed by atoms with van der Waals surface area (Å²) in [5.41, 5.74) is 4.58. The number of nitrogens with zero attached hydrogens (tertiary/aromatic N) is 3. The summed E-state index contributed by atoms with van der Waals surface area (Å²) in [6.07, 6.45) is 1.63. The van der Waals surface area contributed by atoms with Gasteiger partial charge in [0.25, 0.3) is 5.91 Å². The lowest BCUT2D eigenvalue weighted by Gasteiger charge is -2.36. The third-order valence-electron chi connectivity index (χ3n) is 5.82. The fourth-order valence-electron chi connectivity index (χ4n) is 3.80. The van der Waals surface area contributed by atoms with Gasteiger partial charge in [-0.1, -0.05) is 29.8 Å². The molecule has 6 nitrogen and oxygen atoms in total. The Morgan fingerprint density at radius 1 is 1.03 bits per heavy atom. The molecule has 1 aromatic heterocycles. The summed E-state index contributed by atoms with van der Waals surface area (Å²) in [6, 6.07) is 17.8. The van der Waals surface area contributed by atoms with Gasteiger partial charge in [0.05, 0.1) is 12.2 Å². The number of carbonyl (C=O) groups is 1. The molecule has 0 bridgehead atoms. The van der Waals surface area contributed by atoms with Crippen molar-refractivity contribution in [2.75, 3.05) is 47.9 Å². The lowest BCUT2D eigenvalue weighted by Crippen LogP contribution is -2.46. The quantitative estimate of drug-likeness (QED) is 0.523. The van der Waals surface area contributed by atoms with E-state index in [1.165, 1.54) is 11.3 Å². The number of aryl methyl sites for hydroxylation is 1. The zero-order chi connectivity index (χ0) is 23.2. The van der Waals surface area contributed by atoms with Crippen molar-refractivity contribution in [3.63, 3.8) is 0 Å². The van der Waals surface area contributed by atoms with Crippen LogP contribution in [0.3, 0.4) is 0 Å². The molecule has 7 heteroatoms. The van der Waals surface area contributed by atoms with E-state index in [-0.39, 0.29) is 5.91 Å². The Bertz CT molecular complexity index is 1080. The molecule has 1 amide bonds. The van der Waals surface area contributed by atoms with E-state index in [9.17, 15) is 4.79 Å². The summed E-state index contributed by atoms with van der Waals surface area (Å²) in [5.74, 6) is 0.684. The third kappa shape index (κ3) is 5.83. The van der Waals surface area contributed by atoms with Gasteiger partial charge in [-0.25, -0.2) is 4.98 Å². The second kappa shape index (κ2) is 10.7. The minimum absolute atomic E-state index is 0.202. The normalized spacial score (nSPS) is 13.8. The summed E-state index contributed by atoms with van der Waals surface area (Å²) >= 11 is 6.15. The van der Waals surface area contributed by atoms with Gasteiger partial charge in [-0.05, 0) is 61.4 Å². The van der Waals surface area contributed by atoms with Crippen LogP contribution in [0.2, 0.25) is 5.02 Å². The lowest BCUT2D eigenvalue weighted by molar-refractivity contribution is 0.102. The van der Waals surface area contributed by atoms with Gasteiger partial charge in [0.2, 0.25) is 0 Å². The van der Waals surface area contributed by atoms with E-state index in [2.05, 4.69) is 44.4 Å². The third-order valence-corrected chi connectivity index (χ3v) is 6.22. The number of anilines is 3. The molecule has 0 radical (unpaired) electrons. The van der Waals surface area contributed by atoms with Crippen LogP contribution in [0, 0.1) is 6.92 Å². The Morgan fingerprint density at radius 3 is 2.39 bits per heavy atom. The van der Waals surface area contributed by atoms with E-state index < -0.39 is 0 Å². The van der Waals surface area contributed by atoms with E-state index in [0.29, 0.717) is 22.9 Å². The summed E-state index contributed by atoms with van der Waals surface area (Å²) in [5, 5.41) is 3.50. The van der Waals surface area contributed by atoms with Crippen molar-refractivity contribution in [2.45, 2.75) is 20.5 Å². The molecule has 0 spiro atoms. The number of rotatable bonds is 7. The minimum Gasteiger partial charge on any atom is -0.377 e. The predicted octanol–water partition coefficient (Wildman–Crippen LogP) is 5.16. The number of pyridine rings is 1. The van der Waals surface area contributed by atoms with Crippen molar-refractivity contribution in [3.8, 4) is 0 Å². The Hall–Kier alpha value is -3.09. The molecule has 0 saturated carbocycles. The second-order valence-electron chi connectivity index (χ2n) is 8.10. The van der Waals surface area contributed by atoms with Crippen molar-refractivity contribution < 1.29 is 9.53 Å². The summed E-state index contributed by atoms with van der Waals surface area (Å²) in [6.45, 7) is 8.91. The van der Waals surface area contributed by atoms with Crippen LogP contribution < -0.4 is 15.1 Å². The number of halogens is 1. The second-order valence-corrected chi connectivity index (χ2v) is 8.51. The largest absolute Gasteiger partial charge is 0.377 e. The van der Waals surface area contributed by atoms with Crippen LogP contribution in [0.4, 0.5) is 17.2 Å². The fourth-order valence-corrected chi connectivity index (χ4v) is 3.98. The molecule has 2 aromatic carbocycles. The monoisotopic (exact) mass is 464 g/mol. The number of carbonyl (C=O) groups excluding carboxylic acids is 1. The van der Waals surface area contributed by atoms with E-state index in [4.69, 9.17) is 16.3 Å². The van der Waals surface area contributed by atoms with Gasteiger partial charge in [-0.3, -0.25) is 4.79 Å². The number of hydrogen-bond donors (Lipinski definition) is 1. The van der Waals surface area contributed by atoms with Crippen molar-refractivity contribution in [1.82, 2.24) is 4.98 Å². The molecule has 4 rings (SSSR count). The molecule has 33 heavy (non-hydrogen) atoms. The molecular weight excluding hydrogens is 436 g/mol. The topological polar surface area (TPSA) is 57.7 Å². The molecule has 2 heterocycles. The fraction of sp³-hybridized carbons (Fsp3) is 0.308. The van der Waals surface area contributed by atoms with E-state index in [1.807, 2.05) is 38.1 Å². The first-order chi connectivity index (χ1) is 16.0. The lowest BCUT2D eigenvalue weighted by atomic mass is 10.2. The van der Waals surface area contributed by atoms with E-state index >= 15 is 0 Å². The zero-order valence-electron chi connectivity index (χ0n) is 19.1. The maximum atomic E-state index is 12.6. The maximum Gasteiger partial charge on any atom is 0.257 e. The number of nitrogens with one attached hydrogen (secondary N) is 1. The van der Waals surface area contributed by atoms with Gasteiger partial charge >= 0.3 is 0 Å². The van der Waals surface area contributed by atoms with Crippen LogP contribution in [0.25, 0.3) is 0 Å². The summed E-state index contributed by atoms with van der Waals surface area (Å²) in [4.78, 5) is 21.7. The van der Waals surface area contributed by atoms with Crippen molar-refractivity contribution in [1.29, 1.82) is 0 Å². The van der Waals surface area contributed by atoms with Crippen LogP contribution in [0.1, 0.15) is 28.4 Å². The Labute approximate surface area is 200 Å². The van der Waals surface area contributed by atoms with Gasteiger partial charge in [-0.2, -0.15) is 0 Å².